The first-order valence-corrected chi connectivity index (χ1v) is 6.51. The number of aromatic amines is 1. The van der Waals surface area contributed by atoms with Crippen LogP contribution in [-0.2, 0) is 6.42 Å². The van der Waals surface area contributed by atoms with Gasteiger partial charge in [0.2, 0.25) is 0 Å². The van der Waals surface area contributed by atoms with Crippen LogP contribution >= 0.6 is 0 Å². The predicted molar refractivity (Wildman–Crippen MR) is 66.6 cm³/mol. The van der Waals surface area contributed by atoms with E-state index in [1.54, 1.807) is 0 Å². The molecule has 0 aromatic carbocycles. The van der Waals surface area contributed by atoms with Gasteiger partial charge in [0.15, 0.2) is 0 Å². The number of rotatable bonds is 4. The molecule has 0 unspecified atom stereocenters. The fourth-order valence-corrected chi connectivity index (χ4v) is 2.67. The second kappa shape index (κ2) is 5.00. The molecule has 1 aromatic heterocycles. The largest absolute Gasteiger partial charge is 0.345 e. The second-order valence-electron chi connectivity index (χ2n) is 5.16. The summed E-state index contributed by atoms with van der Waals surface area (Å²) < 4.78 is 0. The molecule has 1 saturated carbocycles. The van der Waals surface area contributed by atoms with E-state index in [0.29, 0.717) is 12.5 Å². The summed E-state index contributed by atoms with van der Waals surface area (Å²) in [4.78, 5) is 8.22. The van der Waals surface area contributed by atoms with E-state index in [4.69, 9.17) is 10.7 Å². The van der Waals surface area contributed by atoms with Crippen molar-refractivity contribution in [2.45, 2.75) is 57.8 Å². The molecule has 2 rings (SSSR count). The number of hydrogen-bond donors (Lipinski definition) is 2. The number of aromatic nitrogens is 2. The molecule has 1 aliphatic carbocycles. The summed E-state index contributed by atoms with van der Waals surface area (Å²) in [5, 5.41) is 0. The minimum absolute atomic E-state index is 0.512. The average molecular weight is 221 g/mol. The van der Waals surface area contributed by atoms with Crippen LogP contribution in [0.4, 0.5) is 0 Å². The van der Waals surface area contributed by atoms with Crippen molar-refractivity contribution in [1.29, 1.82) is 0 Å². The lowest BCUT2D eigenvalue weighted by molar-refractivity contribution is 0.675. The first kappa shape index (κ1) is 11.6. The van der Waals surface area contributed by atoms with Gasteiger partial charge in [-0.3, -0.25) is 0 Å². The minimum atomic E-state index is 0.512. The van der Waals surface area contributed by atoms with Crippen LogP contribution < -0.4 is 5.73 Å². The van der Waals surface area contributed by atoms with Gasteiger partial charge in [0, 0.05) is 18.0 Å². The van der Waals surface area contributed by atoms with Crippen LogP contribution in [0.25, 0.3) is 0 Å². The standard InChI is InChI=1S/C13H23N3/c1-9(2)12-13(10-5-3-4-6-10)16-11(15-12)7-8-14/h9-10H,3-8,14H2,1-2H3,(H,15,16). The second-order valence-corrected chi connectivity index (χ2v) is 5.16. The van der Waals surface area contributed by atoms with Crippen LogP contribution in [0, 0.1) is 0 Å². The Kier molecular flexibility index (Phi) is 3.64. The van der Waals surface area contributed by atoms with Gasteiger partial charge in [-0.15, -0.1) is 0 Å². The van der Waals surface area contributed by atoms with Gasteiger partial charge in [-0.25, -0.2) is 4.98 Å². The summed E-state index contributed by atoms with van der Waals surface area (Å²) in [7, 11) is 0. The number of nitrogens with zero attached hydrogens (tertiary/aromatic N) is 1. The summed E-state index contributed by atoms with van der Waals surface area (Å²) in [6.45, 7) is 5.12. The fourth-order valence-electron chi connectivity index (χ4n) is 2.67. The molecule has 0 aliphatic heterocycles. The highest BCUT2D eigenvalue weighted by Crippen LogP contribution is 2.36. The average Bonchev–Trinajstić information content (AvgIpc) is 2.83. The van der Waals surface area contributed by atoms with E-state index in [-0.39, 0.29) is 0 Å². The Morgan fingerprint density at radius 3 is 2.62 bits per heavy atom. The van der Waals surface area contributed by atoms with Gasteiger partial charge in [-0.2, -0.15) is 0 Å². The predicted octanol–water partition coefficient (Wildman–Crippen LogP) is 2.69. The lowest BCUT2D eigenvalue weighted by atomic mass is 9.97. The van der Waals surface area contributed by atoms with E-state index in [2.05, 4.69) is 18.8 Å². The van der Waals surface area contributed by atoms with E-state index >= 15 is 0 Å². The summed E-state index contributed by atoms with van der Waals surface area (Å²) >= 11 is 0. The molecular weight excluding hydrogens is 198 g/mol. The van der Waals surface area contributed by atoms with Gasteiger partial charge < -0.3 is 10.7 Å². The molecule has 1 aliphatic rings. The Balaban J connectivity index is 2.25. The highest BCUT2D eigenvalue weighted by atomic mass is 14.9. The maximum atomic E-state index is 5.59. The van der Waals surface area contributed by atoms with Crippen molar-refractivity contribution >= 4 is 0 Å². The number of nitrogens with two attached hydrogens (primary N) is 1. The third-order valence-corrected chi connectivity index (χ3v) is 3.50. The van der Waals surface area contributed by atoms with E-state index in [0.717, 1.165) is 18.2 Å². The first-order valence-electron chi connectivity index (χ1n) is 6.51. The van der Waals surface area contributed by atoms with Gasteiger partial charge >= 0.3 is 0 Å². The third kappa shape index (κ3) is 2.29. The highest BCUT2D eigenvalue weighted by Gasteiger charge is 2.24. The molecule has 90 valence electrons. The number of hydrogen-bond acceptors (Lipinski definition) is 2. The molecule has 3 heteroatoms. The number of imidazole rings is 1. The molecule has 0 amide bonds. The van der Waals surface area contributed by atoms with E-state index < -0.39 is 0 Å². The maximum absolute atomic E-state index is 5.59. The fraction of sp³-hybridized carbons (Fsp3) is 0.769. The van der Waals surface area contributed by atoms with Crippen molar-refractivity contribution in [3.05, 3.63) is 17.2 Å². The molecular formula is C13H23N3. The van der Waals surface area contributed by atoms with Crippen molar-refractivity contribution in [2.24, 2.45) is 5.73 Å². The van der Waals surface area contributed by atoms with Crippen LogP contribution in [0.15, 0.2) is 0 Å². The Morgan fingerprint density at radius 2 is 2.06 bits per heavy atom. The quantitative estimate of drug-likeness (QED) is 0.821. The topological polar surface area (TPSA) is 54.7 Å². The van der Waals surface area contributed by atoms with Crippen LogP contribution in [0.5, 0.6) is 0 Å². The minimum Gasteiger partial charge on any atom is -0.345 e. The lowest BCUT2D eigenvalue weighted by Crippen LogP contribution is -2.04. The molecule has 0 saturated heterocycles. The van der Waals surface area contributed by atoms with Gasteiger partial charge in [-0.05, 0) is 25.3 Å². The summed E-state index contributed by atoms with van der Waals surface area (Å²) in [5.74, 6) is 2.31. The Morgan fingerprint density at radius 1 is 1.38 bits per heavy atom. The molecule has 16 heavy (non-hydrogen) atoms. The van der Waals surface area contributed by atoms with E-state index in [1.807, 2.05) is 0 Å². The summed E-state index contributed by atoms with van der Waals surface area (Å²) in [6.07, 6.45) is 6.25. The number of H-pyrrole nitrogens is 1. The van der Waals surface area contributed by atoms with Crippen LogP contribution in [-0.4, -0.2) is 16.5 Å². The van der Waals surface area contributed by atoms with Crippen molar-refractivity contribution in [1.82, 2.24) is 9.97 Å². The Hall–Kier alpha value is -0.830. The van der Waals surface area contributed by atoms with Gasteiger partial charge in [-0.1, -0.05) is 26.7 Å². The van der Waals surface area contributed by atoms with Gasteiger partial charge in [0.25, 0.3) is 0 Å². The van der Waals surface area contributed by atoms with Crippen molar-refractivity contribution in [2.75, 3.05) is 6.54 Å². The first-order chi connectivity index (χ1) is 7.72. The summed E-state index contributed by atoms with van der Waals surface area (Å²) in [5.41, 5.74) is 8.26. The van der Waals surface area contributed by atoms with Crippen molar-refractivity contribution < 1.29 is 0 Å². The zero-order valence-corrected chi connectivity index (χ0v) is 10.4. The molecule has 1 fully saturated rings. The number of nitrogens with one attached hydrogen (secondary N) is 1. The zero-order valence-electron chi connectivity index (χ0n) is 10.4. The highest BCUT2D eigenvalue weighted by molar-refractivity contribution is 5.23. The van der Waals surface area contributed by atoms with Crippen molar-refractivity contribution in [3.63, 3.8) is 0 Å². The van der Waals surface area contributed by atoms with Gasteiger partial charge in [0.05, 0.1) is 5.69 Å². The van der Waals surface area contributed by atoms with Crippen LogP contribution in [0.2, 0.25) is 0 Å². The Bertz CT molecular complexity index is 335. The molecule has 3 N–H and O–H groups in total. The molecule has 0 spiro atoms. The molecule has 0 bridgehead atoms. The van der Waals surface area contributed by atoms with Crippen LogP contribution in [0.3, 0.4) is 0 Å². The van der Waals surface area contributed by atoms with E-state index in [9.17, 15) is 0 Å². The van der Waals surface area contributed by atoms with Crippen LogP contribution in [0.1, 0.15) is 68.6 Å². The Labute approximate surface area is 97.8 Å². The van der Waals surface area contributed by atoms with E-state index in [1.165, 1.54) is 37.1 Å². The normalized spacial score (nSPS) is 17.5. The van der Waals surface area contributed by atoms with Crippen molar-refractivity contribution in [3.8, 4) is 0 Å². The third-order valence-electron chi connectivity index (χ3n) is 3.50. The maximum Gasteiger partial charge on any atom is 0.107 e. The van der Waals surface area contributed by atoms with Gasteiger partial charge in [0.1, 0.15) is 5.82 Å². The summed E-state index contributed by atoms with van der Waals surface area (Å²) in [6, 6.07) is 0. The lowest BCUT2D eigenvalue weighted by Gasteiger charge is -2.11. The monoisotopic (exact) mass is 221 g/mol. The zero-order chi connectivity index (χ0) is 11.5. The molecule has 1 aromatic rings. The molecule has 1 heterocycles. The molecule has 0 radical (unpaired) electrons. The SMILES string of the molecule is CC(C)c1nc(CCN)[nH]c1C1CCCC1. The molecule has 0 atom stereocenters. The molecule has 3 nitrogen and oxygen atoms in total. The smallest absolute Gasteiger partial charge is 0.107 e.